The number of carbonyl (C=O) groups excluding carboxylic acids is 1. The Balaban J connectivity index is 1.56. The average Bonchev–Trinajstić information content (AvgIpc) is 3.46. The molecule has 3 heterocycles. The summed E-state index contributed by atoms with van der Waals surface area (Å²) in [7, 11) is 0. The Labute approximate surface area is 170 Å². The molecule has 0 saturated heterocycles. The maximum Gasteiger partial charge on any atom is 0.313 e. The minimum Gasteiger partial charge on any atom is -0.477 e. The molecule has 0 N–H and O–H groups in total. The molecule has 0 fully saturated rings. The van der Waals surface area contributed by atoms with Crippen molar-refractivity contribution < 1.29 is 18.9 Å². The van der Waals surface area contributed by atoms with Gasteiger partial charge in [0.15, 0.2) is 12.4 Å². The third-order valence-corrected chi connectivity index (χ3v) is 5.55. The Bertz CT molecular complexity index is 1060. The van der Waals surface area contributed by atoms with E-state index in [1.54, 1.807) is 37.5 Å². The molecular formula is C20H17N3O5S. The number of thiophene rings is 1. The first-order valence-corrected chi connectivity index (χ1v) is 9.76. The second-order valence-electron chi connectivity index (χ2n) is 6.47. The quantitative estimate of drug-likeness (QED) is 0.444. The molecular weight excluding hydrogens is 394 g/mol. The predicted octanol–water partition coefficient (Wildman–Crippen LogP) is 4.31. The Hall–Kier alpha value is -3.46. The molecule has 0 spiro atoms. The van der Waals surface area contributed by atoms with E-state index in [-0.39, 0.29) is 30.0 Å². The van der Waals surface area contributed by atoms with E-state index in [2.05, 4.69) is 5.10 Å². The molecule has 8 nitrogen and oxygen atoms in total. The van der Waals surface area contributed by atoms with Crippen LogP contribution in [-0.4, -0.2) is 28.2 Å². The first-order chi connectivity index (χ1) is 14.0. The monoisotopic (exact) mass is 411 g/mol. The first kappa shape index (κ1) is 18.9. The van der Waals surface area contributed by atoms with Crippen molar-refractivity contribution in [2.24, 2.45) is 5.10 Å². The number of nitrogens with zero attached hydrogens (tertiary/aromatic N) is 3. The van der Waals surface area contributed by atoms with E-state index in [1.807, 2.05) is 17.5 Å². The minimum absolute atomic E-state index is 0.0606. The molecule has 3 aromatic rings. The summed E-state index contributed by atoms with van der Waals surface area (Å²) in [6.07, 6.45) is 2.08. The van der Waals surface area contributed by atoms with Gasteiger partial charge in [-0.25, -0.2) is 5.01 Å². The largest absolute Gasteiger partial charge is 0.477 e. The van der Waals surface area contributed by atoms with E-state index in [1.165, 1.54) is 22.4 Å². The number of rotatable bonds is 6. The number of carbonyl (C=O) groups is 1. The van der Waals surface area contributed by atoms with E-state index in [4.69, 9.17) is 9.15 Å². The SMILES string of the molecule is Cc1cccc(OCC(=O)N2N=C(c3ccco3)CC2c2cccs2)c1[N+](=O)[O-]. The number of amides is 1. The van der Waals surface area contributed by atoms with Crippen molar-refractivity contribution in [3.8, 4) is 5.75 Å². The van der Waals surface area contributed by atoms with Crippen LogP contribution in [-0.2, 0) is 4.79 Å². The fourth-order valence-corrected chi connectivity index (χ4v) is 4.03. The standard InChI is InChI=1S/C20H17N3O5S/c1-13-5-2-6-17(20(13)23(25)26)28-12-19(24)22-15(18-8-4-10-29-18)11-14(21-22)16-7-3-9-27-16/h2-10,15H,11-12H2,1H3. The molecule has 0 radical (unpaired) electrons. The topological polar surface area (TPSA) is 98.2 Å². The number of para-hydroxylation sites is 1. The van der Waals surface area contributed by atoms with Gasteiger partial charge in [0.25, 0.3) is 5.91 Å². The van der Waals surface area contributed by atoms with Gasteiger partial charge < -0.3 is 9.15 Å². The van der Waals surface area contributed by atoms with Gasteiger partial charge in [-0.1, -0.05) is 18.2 Å². The highest BCUT2D eigenvalue weighted by molar-refractivity contribution is 7.10. The van der Waals surface area contributed by atoms with E-state index < -0.39 is 4.92 Å². The average molecular weight is 411 g/mol. The van der Waals surface area contributed by atoms with Crippen LogP contribution in [0.4, 0.5) is 5.69 Å². The molecule has 1 aromatic carbocycles. The molecule has 29 heavy (non-hydrogen) atoms. The molecule has 1 amide bonds. The number of ether oxygens (including phenoxy) is 1. The highest BCUT2D eigenvalue weighted by Gasteiger charge is 2.35. The van der Waals surface area contributed by atoms with Crippen LogP contribution >= 0.6 is 11.3 Å². The smallest absolute Gasteiger partial charge is 0.313 e. The van der Waals surface area contributed by atoms with Crippen LogP contribution in [0.2, 0.25) is 0 Å². The molecule has 0 bridgehead atoms. The fourth-order valence-electron chi connectivity index (χ4n) is 3.22. The van der Waals surface area contributed by atoms with Gasteiger partial charge in [0.05, 0.1) is 17.2 Å². The lowest BCUT2D eigenvalue weighted by atomic mass is 10.1. The number of hydrogen-bond acceptors (Lipinski definition) is 7. The highest BCUT2D eigenvalue weighted by atomic mass is 32.1. The molecule has 2 aromatic heterocycles. The third kappa shape index (κ3) is 3.77. The normalized spacial score (nSPS) is 16.0. The predicted molar refractivity (Wildman–Crippen MR) is 107 cm³/mol. The van der Waals surface area contributed by atoms with Gasteiger partial charge in [0.2, 0.25) is 0 Å². The van der Waals surface area contributed by atoms with Crippen molar-refractivity contribution in [3.05, 3.63) is 80.4 Å². The van der Waals surface area contributed by atoms with E-state index in [9.17, 15) is 14.9 Å². The van der Waals surface area contributed by atoms with E-state index in [0.717, 1.165) is 4.88 Å². The number of hydrogen-bond donors (Lipinski definition) is 0. The second-order valence-corrected chi connectivity index (χ2v) is 7.44. The number of aryl methyl sites for hydroxylation is 1. The fraction of sp³-hybridized carbons (Fsp3) is 0.200. The summed E-state index contributed by atoms with van der Waals surface area (Å²) in [5.41, 5.74) is 0.996. The van der Waals surface area contributed by atoms with Crippen molar-refractivity contribution in [1.29, 1.82) is 0 Å². The van der Waals surface area contributed by atoms with E-state index >= 15 is 0 Å². The second kappa shape index (κ2) is 7.88. The zero-order valence-corrected chi connectivity index (χ0v) is 16.3. The van der Waals surface area contributed by atoms with Crippen LogP contribution in [0, 0.1) is 17.0 Å². The lowest BCUT2D eigenvalue weighted by Gasteiger charge is -2.20. The summed E-state index contributed by atoms with van der Waals surface area (Å²) in [5.74, 6) is 0.281. The maximum atomic E-state index is 12.9. The number of furan rings is 1. The van der Waals surface area contributed by atoms with Crippen molar-refractivity contribution in [2.45, 2.75) is 19.4 Å². The molecule has 9 heteroatoms. The van der Waals surface area contributed by atoms with Crippen LogP contribution < -0.4 is 4.74 Å². The maximum absolute atomic E-state index is 12.9. The summed E-state index contributed by atoms with van der Waals surface area (Å²) in [5, 5.41) is 19.1. The van der Waals surface area contributed by atoms with Gasteiger partial charge in [-0.05, 0) is 36.6 Å². The van der Waals surface area contributed by atoms with E-state index in [0.29, 0.717) is 23.5 Å². The highest BCUT2D eigenvalue weighted by Crippen LogP contribution is 2.36. The molecule has 0 saturated carbocycles. The minimum atomic E-state index is -0.507. The Morgan fingerprint density at radius 2 is 2.21 bits per heavy atom. The third-order valence-electron chi connectivity index (χ3n) is 4.58. The van der Waals surface area contributed by atoms with Gasteiger partial charge in [-0.2, -0.15) is 5.10 Å². The van der Waals surface area contributed by atoms with Crippen molar-refractivity contribution >= 4 is 28.6 Å². The van der Waals surface area contributed by atoms with Crippen molar-refractivity contribution in [3.63, 3.8) is 0 Å². The summed E-state index contributed by atoms with van der Waals surface area (Å²) in [4.78, 5) is 24.7. The molecule has 4 rings (SSSR count). The molecule has 1 aliphatic heterocycles. The summed E-state index contributed by atoms with van der Waals surface area (Å²) >= 11 is 1.54. The zero-order valence-electron chi connectivity index (χ0n) is 15.5. The Morgan fingerprint density at radius 3 is 2.90 bits per heavy atom. The van der Waals surface area contributed by atoms with Gasteiger partial charge in [0.1, 0.15) is 11.5 Å². The van der Waals surface area contributed by atoms with Gasteiger partial charge in [-0.15, -0.1) is 11.3 Å². The zero-order chi connectivity index (χ0) is 20.4. The van der Waals surface area contributed by atoms with Gasteiger partial charge in [-0.3, -0.25) is 14.9 Å². The van der Waals surface area contributed by atoms with Crippen LogP contribution in [0.5, 0.6) is 5.75 Å². The van der Waals surface area contributed by atoms with Crippen LogP contribution in [0.25, 0.3) is 0 Å². The summed E-state index contributed by atoms with van der Waals surface area (Å²) in [6, 6.07) is 11.9. The number of benzene rings is 1. The molecule has 0 aliphatic carbocycles. The molecule has 1 aliphatic rings. The Kier molecular flexibility index (Phi) is 5.13. The molecule has 1 atom stereocenters. The first-order valence-electron chi connectivity index (χ1n) is 8.88. The number of hydrazone groups is 1. The van der Waals surface area contributed by atoms with Gasteiger partial charge in [0, 0.05) is 16.9 Å². The summed E-state index contributed by atoms with van der Waals surface area (Å²) < 4.78 is 10.9. The van der Waals surface area contributed by atoms with Crippen LogP contribution in [0.3, 0.4) is 0 Å². The summed E-state index contributed by atoms with van der Waals surface area (Å²) in [6.45, 7) is 1.27. The van der Waals surface area contributed by atoms with Gasteiger partial charge >= 0.3 is 5.69 Å². The lowest BCUT2D eigenvalue weighted by Crippen LogP contribution is -2.31. The number of nitro benzene ring substituents is 1. The van der Waals surface area contributed by atoms with Crippen LogP contribution in [0.15, 0.2) is 63.6 Å². The van der Waals surface area contributed by atoms with Crippen molar-refractivity contribution in [1.82, 2.24) is 5.01 Å². The molecule has 148 valence electrons. The Morgan fingerprint density at radius 1 is 1.34 bits per heavy atom. The number of nitro groups is 1. The molecule has 1 unspecified atom stereocenters. The van der Waals surface area contributed by atoms with Crippen LogP contribution in [0.1, 0.15) is 28.7 Å². The lowest BCUT2D eigenvalue weighted by molar-refractivity contribution is -0.386. The van der Waals surface area contributed by atoms with Crippen molar-refractivity contribution in [2.75, 3.05) is 6.61 Å².